The van der Waals surface area contributed by atoms with Crippen LogP contribution in [0.5, 0.6) is 11.5 Å². The molecule has 0 radical (unpaired) electrons. The van der Waals surface area contributed by atoms with Gasteiger partial charge in [0.25, 0.3) is 0 Å². The molecular weight excluding hydrogens is 238 g/mol. The van der Waals surface area contributed by atoms with E-state index < -0.39 is 0 Å². The number of benzene rings is 1. The van der Waals surface area contributed by atoms with Crippen LogP contribution in [0, 0.1) is 0 Å². The Morgan fingerprint density at radius 3 is 2.26 bits per heavy atom. The molecule has 0 bridgehead atoms. The van der Waals surface area contributed by atoms with Crippen LogP contribution in [0.3, 0.4) is 0 Å². The Bertz CT molecular complexity index is 360. The molecule has 0 saturated carbocycles. The van der Waals surface area contributed by atoms with Crippen LogP contribution in [0.25, 0.3) is 0 Å². The zero-order chi connectivity index (χ0) is 14.1. The van der Waals surface area contributed by atoms with Gasteiger partial charge < -0.3 is 14.8 Å². The lowest BCUT2D eigenvalue weighted by molar-refractivity contribution is 0.287. The molecule has 1 aromatic rings. The van der Waals surface area contributed by atoms with Gasteiger partial charge in [-0.1, -0.05) is 26.3 Å². The Morgan fingerprint density at radius 2 is 1.68 bits per heavy atom. The van der Waals surface area contributed by atoms with E-state index in [1.54, 1.807) is 0 Å². The second kappa shape index (κ2) is 8.81. The highest BCUT2D eigenvalue weighted by Crippen LogP contribution is 2.31. The van der Waals surface area contributed by atoms with E-state index in [0.717, 1.165) is 30.9 Å². The Kier molecular flexibility index (Phi) is 7.34. The minimum atomic E-state index is 0.393. The van der Waals surface area contributed by atoms with Crippen molar-refractivity contribution in [2.45, 2.75) is 46.6 Å². The summed E-state index contributed by atoms with van der Waals surface area (Å²) in [6.07, 6.45) is 2.29. The fourth-order valence-corrected chi connectivity index (χ4v) is 2.21. The number of ether oxygens (including phenoxy) is 2. The lowest BCUT2D eigenvalue weighted by Gasteiger charge is -2.19. The highest BCUT2D eigenvalue weighted by Gasteiger charge is 2.13. The number of hydrogen-bond acceptors (Lipinski definition) is 3. The molecule has 1 atom stereocenters. The first-order valence-electron chi connectivity index (χ1n) is 7.39. The predicted molar refractivity (Wildman–Crippen MR) is 80.1 cm³/mol. The van der Waals surface area contributed by atoms with Crippen LogP contribution < -0.4 is 14.8 Å². The Morgan fingerprint density at radius 1 is 1.00 bits per heavy atom. The minimum absolute atomic E-state index is 0.393. The Labute approximate surface area is 117 Å². The Hall–Kier alpha value is -1.22. The third kappa shape index (κ3) is 4.75. The molecule has 108 valence electrons. The molecule has 1 aromatic carbocycles. The van der Waals surface area contributed by atoms with Crippen LogP contribution in [-0.2, 0) is 0 Å². The number of rotatable bonds is 9. The second-order valence-corrected chi connectivity index (χ2v) is 4.47. The summed E-state index contributed by atoms with van der Waals surface area (Å²) in [7, 11) is 0. The standard InChI is InChI=1S/C16H27NO2/c1-5-9-14(17-6-2)13-10-11-15(18-7-3)16(12-13)19-8-4/h10-12,14,17H,5-9H2,1-4H3. The van der Waals surface area contributed by atoms with Crippen molar-refractivity contribution in [1.82, 2.24) is 5.32 Å². The fraction of sp³-hybridized carbons (Fsp3) is 0.625. The molecule has 3 heteroatoms. The SMILES string of the molecule is CCCC(NCC)c1ccc(OCC)c(OCC)c1. The minimum Gasteiger partial charge on any atom is -0.490 e. The van der Waals surface area contributed by atoms with Crippen molar-refractivity contribution in [3.63, 3.8) is 0 Å². The average Bonchev–Trinajstić information content (AvgIpc) is 2.41. The first-order chi connectivity index (χ1) is 9.26. The molecule has 0 spiro atoms. The maximum Gasteiger partial charge on any atom is 0.161 e. The molecule has 0 amide bonds. The van der Waals surface area contributed by atoms with E-state index in [2.05, 4.69) is 31.3 Å². The van der Waals surface area contributed by atoms with Gasteiger partial charge in [-0.2, -0.15) is 0 Å². The zero-order valence-electron chi connectivity index (χ0n) is 12.7. The van der Waals surface area contributed by atoms with Crippen LogP contribution in [0.2, 0.25) is 0 Å². The van der Waals surface area contributed by atoms with Crippen molar-refractivity contribution in [3.8, 4) is 11.5 Å². The van der Waals surface area contributed by atoms with Crippen molar-refractivity contribution >= 4 is 0 Å². The molecule has 0 fully saturated rings. The quantitative estimate of drug-likeness (QED) is 0.733. The third-order valence-electron chi connectivity index (χ3n) is 3.00. The lowest BCUT2D eigenvalue weighted by atomic mass is 10.0. The van der Waals surface area contributed by atoms with Gasteiger partial charge in [0, 0.05) is 6.04 Å². The van der Waals surface area contributed by atoms with Gasteiger partial charge in [-0.05, 0) is 44.5 Å². The van der Waals surface area contributed by atoms with Crippen molar-refractivity contribution in [1.29, 1.82) is 0 Å². The molecule has 1 rings (SSSR count). The van der Waals surface area contributed by atoms with Crippen LogP contribution in [-0.4, -0.2) is 19.8 Å². The molecule has 0 aliphatic heterocycles. The van der Waals surface area contributed by atoms with Crippen molar-refractivity contribution < 1.29 is 9.47 Å². The first-order valence-corrected chi connectivity index (χ1v) is 7.39. The molecule has 0 aromatic heterocycles. The summed E-state index contributed by atoms with van der Waals surface area (Å²) in [5, 5.41) is 3.52. The molecule has 19 heavy (non-hydrogen) atoms. The second-order valence-electron chi connectivity index (χ2n) is 4.47. The van der Waals surface area contributed by atoms with Crippen LogP contribution >= 0.6 is 0 Å². The summed E-state index contributed by atoms with van der Waals surface area (Å²) in [4.78, 5) is 0. The summed E-state index contributed by atoms with van der Waals surface area (Å²) >= 11 is 0. The van der Waals surface area contributed by atoms with Gasteiger partial charge in [0.05, 0.1) is 13.2 Å². The zero-order valence-corrected chi connectivity index (χ0v) is 12.7. The predicted octanol–water partition coefficient (Wildman–Crippen LogP) is 3.93. The van der Waals surface area contributed by atoms with E-state index in [1.165, 1.54) is 5.56 Å². The van der Waals surface area contributed by atoms with Gasteiger partial charge >= 0.3 is 0 Å². The van der Waals surface area contributed by atoms with Crippen molar-refractivity contribution in [3.05, 3.63) is 23.8 Å². The van der Waals surface area contributed by atoms with E-state index in [4.69, 9.17) is 9.47 Å². The van der Waals surface area contributed by atoms with E-state index in [1.807, 2.05) is 19.9 Å². The van der Waals surface area contributed by atoms with Crippen LogP contribution in [0.15, 0.2) is 18.2 Å². The molecule has 0 aliphatic carbocycles. The lowest BCUT2D eigenvalue weighted by Crippen LogP contribution is -2.20. The van der Waals surface area contributed by atoms with E-state index in [-0.39, 0.29) is 0 Å². The number of nitrogens with one attached hydrogen (secondary N) is 1. The van der Waals surface area contributed by atoms with Gasteiger partial charge in [-0.15, -0.1) is 0 Å². The first kappa shape index (κ1) is 15.8. The molecule has 3 nitrogen and oxygen atoms in total. The molecule has 0 aliphatic rings. The largest absolute Gasteiger partial charge is 0.490 e. The third-order valence-corrected chi connectivity index (χ3v) is 3.00. The molecule has 0 heterocycles. The van der Waals surface area contributed by atoms with Crippen LogP contribution in [0.4, 0.5) is 0 Å². The van der Waals surface area contributed by atoms with Gasteiger partial charge in [0.1, 0.15) is 0 Å². The summed E-state index contributed by atoms with van der Waals surface area (Å²) in [5.74, 6) is 1.68. The van der Waals surface area contributed by atoms with Crippen molar-refractivity contribution in [2.24, 2.45) is 0 Å². The van der Waals surface area contributed by atoms with E-state index >= 15 is 0 Å². The monoisotopic (exact) mass is 265 g/mol. The van der Waals surface area contributed by atoms with E-state index in [9.17, 15) is 0 Å². The van der Waals surface area contributed by atoms with Gasteiger partial charge in [-0.25, -0.2) is 0 Å². The normalized spacial score (nSPS) is 12.2. The maximum atomic E-state index is 5.68. The molecule has 1 N–H and O–H groups in total. The maximum absolute atomic E-state index is 5.68. The highest BCUT2D eigenvalue weighted by molar-refractivity contribution is 5.44. The van der Waals surface area contributed by atoms with Crippen LogP contribution in [0.1, 0.15) is 52.1 Å². The Balaban J connectivity index is 2.96. The molecule has 1 unspecified atom stereocenters. The van der Waals surface area contributed by atoms with Gasteiger partial charge in [0.2, 0.25) is 0 Å². The van der Waals surface area contributed by atoms with Crippen molar-refractivity contribution in [2.75, 3.05) is 19.8 Å². The fourth-order valence-electron chi connectivity index (χ4n) is 2.21. The molecule has 0 saturated heterocycles. The topological polar surface area (TPSA) is 30.5 Å². The summed E-state index contributed by atoms with van der Waals surface area (Å²) in [6, 6.07) is 6.66. The molecular formula is C16H27NO2. The van der Waals surface area contributed by atoms with E-state index in [0.29, 0.717) is 19.3 Å². The summed E-state index contributed by atoms with van der Waals surface area (Å²) in [6.45, 7) is 10.6. The van der Waals surface area contributed by atoms with Gasteiger partial charge in [0.15, 0.2) is 11.5 Å². The highest BCUT2D eigenvalue weighted by atomic mass is 16.5. The summed E-state index contributed by atoms with van der Waals surface area (Å²) < 4.78 is 11.3. The smallest absolute Gasteiger partial charge is 0.161 e. The van der Waals surface area contributed by atoms with Gasteiger partial charge in [-0.3, -0.25) is 0 Å². The average molecular weight is 265 g/mol. The summed E-state index contributed by atoms with van der Waals surface area (Å²) in [5.41, 5.74) is 1.27. The number of hydrogen-bond donors (Lipinski definition) is 1.